The van der Waals surface area contributed by atoms with Crippen molar-refractivity contribution in [2.45, 2.75) is 32.2 Å². The standard InChI is InChI=1S/C31H30O6/c1-31(35)19-26(32)27(29(33)36-20-23-13-7-3-8-14-23)25(18-17-22-11-5-2-6-12-22)28(31)30(34)37-21-24-15-9-4-10-16-24/h2-18,25,27-28,35H,19-21H2,1H3/b18-17+/t25-,27+,28+,31-/m0/s1. The van der Waals surface area contributed by atoms with E-state index in [-0.39, 0.29) is 19.6 Å². The van der Waals surface area contributed by atoms with Gasteiger partial charge in [-0.3, -0.25) is 14.4 Å². The molecule has 6 nitrogen and oxygen atoms in total. The topological polar surface area (TPSA) is 89.9 Å². The number of benzene rings is 3. The summed E-state index contributed by atoms with van der Waals surface area (Å²) in [6.07, 6.45) is 3.02. The van der Waals surface area contributed by atoms with Gasteiger partial charge in [-0.05, 0) is 23.6 Å². The quantitative estimate of drug-likeness (QED) is 0.356. The van der Waals surface area contributed by atoms with Crippen LogP contribution in [0.2, 0.25) is 0 Å². The summed E-state index contributed by atoms with van der Waals surface area (Å²) in [7, 11) is 0. The number of ether oxygens (including phenoxy) is 2. The van der Waals surface area contributed by atoms with Gasteiger partial charge in [0.15, 0.2) is 5.78 Å². The average molecular weight is 499 g/mol. The molecule has 0 bridgehead atoms. The second-order valence-electron chi connectivity index (χ2n) is 9.49. The molecule has 37 heavy (non-hydrogen) atoms. The number of allylic oxidation sites excluding steroid dienone is 1. The number of carbonyl (C=O) groups excluding carboxylic acids is 3. The van der Waals surface area contributed by atoms with Crippen molar-refractivity contribution in [1.29, 1.82) is 0 Å². The number of esters is 2. The summed E-state index contributed by atoms with van der Waals surface area (Å²) < 4.78 is 11.1. The van der Waals surface area contributed by atoms with Gasteiger partial charge in [-0.1, -0.05) is 103 Å². The van der Waals surface area contributed by atoms with Crippen molar-refractivity contribution in [1.82, 2.24) is 0 Å². The Morgan fingerprint density at radius 1 is 0.838 bits per heavy atom. The minimum atomic E-state index is -1.70. The van der Waals surface area contributed by atoms with Crippen molar-refractivity contribution in [2.24, 2.45) is 17.8 Å². The van der Waals surface area contributed by atoms with Gasteiger partial charge in [-0.15, -0.1) is 0 Å². The van der Waals surface area contributed by atoms with Gasteiger partial charge in [0.05, 0.1) is 11.5 Å². The van der Waals surface area contributed by atoms with Gasteiger partial charge in [0.2, 0.25) is 0 Å². The van der Waals surface area contributed by atoms with Gasteiger partial charge >= 0.3 is 11.9 Å². The molecule has 4 rings (SSSR count). The number of hydrogen-bond donors (Lipinski definition) is 1. The van der Waals surface area contributed by atoms with Crippen LogP contribution in [0.15, 0.2) is 97.1 Å². The molecule has 1 N–H and O–H groups in total. The number of Topliss-reactive ketones (excluding diaryl/α,β-unsaturated/α-hetero) is 1. The van der Waals surface area contributed by atoms with Crippen molar-refractivity contribution >= 4 is 23.8 Å². The fraction of sp³-hybridized carbons (Fsp3) is 0.258. The molecule has 0 heterocycles. The number of hydrogen-bond acceptors (Lipinski definition) is 6. The number of carbonyl (C=O) groups is 3. The van der Waals surface area contributed by atoms with Crippen LogP contribution in [0.5, 0.6) is 0 Å². The lowest BCUT2D eigenvalue weighted by molar-refractivity contribution is -0.176. The molecule has 0 saturated heterocycles. The van der Waals surface area contributed by atoms with Crippen molar-refractivity contribution < 1.29 is 29.0 Å². The largest absolute Gasteiger partial charge is 0.461 e. The van der Waals surface area contributed by atoms with Gasteiger partial charge < -0.3 is 14.6 Å². The molecule has 0 unspecified atom stereocenters. The third-order valence-electron chi connectivity index (χ3n) is 6.58. The van der Waals surface area contributed by atoms with Crippen molar-refractivity contribution in [2.75, 3.05) is 0 Å². The molecule has 190 valence electrons. The molecule has 1 fully saturated rings. The van der Waals surface area contributed by atoms with Crippen LogP contribution in [-0.4, -0.2) is 28.4 Å². The molecule has 3 aromatic carbocycles. The highest BCUT2D eigenvalue weighted by atomic mass is 16.5. The predicted octanol–water partition coefficient (Wildman–Crippen LogP) is 4.76. The first-order chi connectivity index (χ1) is 17.8. The number of rotatable bonds is 8. The van der Waals surface area contributed by atoms with E-state index in [1.165, 1.54) is 6.92 Å². The van der Waals surface area contributed by atoms with E-state index in [1.54, 1.807) is 12.2 Å². The van der Waals surface area contributed by atoms with E-state index in [0.29, 0.717) is 0 Å². The molecule has 4 atom stereocenters. The highest BCUT2D eigenvalue weighted by molar-refractivity contribution is 6.02. The predicted molar refractivity (Wildman–Crippen MR) is 139 cm³/mol. The SMILES string of the molecule is C[C@]1(O)CC(=O)[C@H](C(=O)OCc2ccccc2)[C@H](/C=C/c2ccccc2)[C@@H]1C(=O)OCc1ccccc1. The van der Waals surface area contributed by atoms with Crippen LogP contribution in [0.1, 0.15) is 30.0 Å². The Bertz CT molecular complexity index is 1230. The molecular weight excluding hydrogens is 468 g/mol. The van der Waals surface area contributed by atoms with Crippen LogP contribution < -0.4 is 0 Å². The van der Waals surface area contributed by atoms with Crippen LogP contribution >= 0.6 is 0 Å². The fourth-order valence-electron chi connectivity index (χ4n) is 4.74. The smallest absolute Gasteiger partial charge is 0.317 e. The molecule has 0 aromatic heterocycles. The Hall–Kier alpha value is -4.03. The first-order valence-electron chi connectivity index (χ1n) is 12.2. The van der Waals surface area contributed by atoms with Crippen LogP contribution in [-0.2, 0) is 37.1 Å². The third kappa shape index (κ3) is 6.60. The van der Waals surface area contributed by atoms with Crippen LogP contribution in [0.3, 0.4) is 0 Å². The van der Waals surface area contributed by atoms with Crippen LogP contribution in [0.4, 0.5) is 0 Å². The second kappa shape index (κ2) is 11.8. The summed E-state index contributed by atoms with van der Waals surface area (Å²) in [6, 6.07) is 27.7. The molecule has 1 aliphatic rings. The molecule has 0 spiro atoms. The highest BCUT2D eigenvalue weighted by Crippen LogP contribution is 2.42. The molecular formula is C31H30O6. The maximum atomic E-state index is 13.4. The summed E-state index contributed by atoms with van der Waals surface area (Å²) in [5.41, 5.74) is 0.694. The minimum Gasteiger partial charge on any atom is -0.461 e. The number of ketones is 1. The summed E-state index contributed by atoms with van der Waals surface area (Å²) in [5, 5.41) is 11.2. The van der Waals surface area contributed by atoms with Gasteiger partial charge in [0, 0.05) is 12.3 Å². The van der Waals surface area contributed by atoms with E-state index in [0.717, 1.165) is 16.7 Å². The van der Waals surface area contributed by atoms with E-state index in [4.69, 9.17) is 9.47 Å². The minimum absolute atomic E-state index is 0.00190. The summed E-state index contributed by atoms with van der Waals surface area (Å²) >= 11 is 0. The van der Waals surface area contributed by atoms with Crippen LogP contribution in [0, 0.1) is 17.8 Å². The van der Waals surface area contributed by atoms with Crippen molar-refractivity contribution in [3.63, 3.8) is 0 Å². The Morgan fingerprint density at radius 3 is 1.86 bits per heavy atom. The maximum Gasteiger partial charge on any atom is 0.317 e. The Balaban J connectivity index is 1.62. The molecule has 6 heteroatoms. The van der Waals surface area contributed by atoms with Crippen molar-refractivity contribution in [3.8, 4) is 0 Å². The second-order valence-corrected chi connectivity index (χ2v) is 9.49. The van der Waals surface area contributed by atoms with Gasteiger partial charge in [0.1, 0.15) is 19.1 Å². The van der Waals surface area contributed by atoms with E-state index in [2.05, 4.69) is 0 Å². The summed E-state index contributed by atoms with van der Waals surface area (Å²) in [4.78, 5) is 39.8. The molecule has 0 amide bonds. The summed E-state index contributed by atoms with van der Waals surface area (Å²) in [5.74, 6) is -5.24. The lowest BCUT2D eigenvalue weighted by Crippen LogP contribution is -2.55. The highest BCUT2D eigenvalue weighted by Gasteiger charge is 2.55. The molecule has 0 aliphatic heterocycles. The van der Waals surface area contributed by atoms with Gasteiger partial charge in [0.25, 0.3) is 0 Å². The lowest BCUT2D eigenvalue weighted by Gasteiger charge is -2.42. The van der Waals surface area contributed by atoms with Gasteiger partial charge in [-0.25, -0.2) is 0 Å². The molecule has 0 radical (unpaired) electrons. The zero-order valence-corrected chi connectivity index (χ0v) is 20.7. The van der Waals surface area contributed by atoms with E-state index in [1.807, 2.05) is 91.0 Å². The molecule has 1 aliphatic carbocycles. The summed E-state index contributed by atoms with van der Waals surface area (Å²) in [6.45, 7) is 1.45. The Morgan fingerprint density at radius 2 is 1.32 bits per heavy atom. The maximum absolute atomic E-state index is 13.4. The molecule has 1 saturated carbocycles. The normalized spacial score (nSPS) is 23.5. The van der Waals surface area contributed by atoms with Crippen LogP contribution in [0.25, 0.3) is 6.08 Å². The third-order valence-corrected chi connectivity index (χ3v) is 6.58. The van der Waals surface area contributed by atoms with Crippen molar-refractivity contribution in [3.05, 3.63) is 114 Å². The first-order valence-corrected chi connectivity index (χ1v) is 12.2. The fourth-order valence-corrected chi connectivity index (χ4v) is 4.74. The lowest BCUT2D eigenvalue weighted by atomic mass is 9.63. The van der Waals surface area contributed by atoms with E-state index >= 15 is 0 Å². The molecule has 3 aromatic rings. The zero-order valence-electron chi connectivity index (χ0n) is 20.7. The number of aliphatic hydroxyl groups is 1. The Labute approximate surface area is 216 Å². The zero-order chi connectivity index (χ0) is 26.3. The van der Waals surface area contributed by atoms with Gasteiger partial charge in [-0.2, -0.15) is 0 Å². The average Bonchev–Trinajstić information content (AvgIpc) is 2.90. The first kappa shape index (κ1) is 26.0. The van der Waals surface area contributed by atoms with E-state index in [9.17, 15) is 19.5 Å². The Kier molecular flexibility index (Phi) is 8.31. The monoisotopic (exact) mass is 498 g/mol. The van der Waals surface area contributed by atoms with E-state index < -0.39 is 41.1 Å².